The van der Waals surface area contributed by atoms with Gasteiger partial charge in [-0.2, -0.15) is 0 Å². The highest BCUT2D eigenvalue weighted by Crippen LogP contribution is 2.22. The van der Waals surface area contributed by atoms with Gasteiger partial charge in [-0.15, -0.1) is 0 Å². The molecule has 140 valence electrons. The van der Waals surface area contributed by atoms with Crippen LogP contribution in [0.3, 0.4) is 0 Å². The van der Waals surface area contributed by atoms with Crippen molar-refractivity contribution < 1.29 is 17.6 Å². The number of benzene rings is 1. The molecule has 2 amide bonds. The number of piperidine rings is 1. The minimum atomic E-state index is -3.17. The largest absolute Gasteiger partial charge is 0.464 e. The van der Waals surface area contributed by atoms with Gasteiger partial charge in [0.05, 0.1) is 12.5 Å². The molecule has 1 atom stereocenters. The standard InChI is InChI=1S/C18H23N3O4S/c1-26(23,24)21-10-2-4-14(13-21)12-19-18(22)20-16-8-6-15(7-9-16)17-5-3-11-25-17/h3,5-9,11,14H,2,4,10,12-13H2,1H3,(H2,19,20,22). The summed E-state index contributed by atoms with van der Waals surface area (Å²) in [6.45, 7) is 1.46. The summed E-state index contributed by atoms with van der Waals surface area (Å²) < 4.78 is 30.1. The van der Waals surface area contributed by atoms with E-state index in [2.05, 4.69) is 10.6 Å². The van der Waals surface area contributed by atoms with Gasteiger partial charge in [-0.05, 0) is 55.2 Å². The number of hydrogen-bond donors (Lipinski definition) is 2. The minimum absolute atomic E-state index is 0.130. The maximum absolute atomic E-state index is 12.1. The molecule has 1 unspecified atom stereocenters. The quantitative estimate of drug-likeness (QED) is 0.838. The average Bonchev–Trinajstić information content (AvgIpc) is 3.15. The van der Waals surface area contributed by atoms with Crippen LogP contribution < -0.4 is 10.6 Å². The van der Waals surface area contributed by atoms with Gasteiger partial charge in [0.2, 0.25) is 10.0 Å². The van der Waals surface area contributed by atoms with Gasteiger partial charge in [0, 0.05) is 30.9 Å². The lowest BCUT2D eigenvalue weighted by Crippen LogP contribution is -2.43. The zero-order chi connectivity index (χ0) is 18.6. The predicted octanol–water partition coefficient (Wildman–Crippen LogP) is 2.74. The van der Waals surface area contributed by atoms with E-state index in [1.54, 1.807) is 6.26 Å². The molecule has 0 bridgehead atoms. The van der Waals surface area contributed by atoms with E-state index < -0.39 is 10.0 Å². The van der Waals surface area contributed by atoms with Crippen LogP contribution in [0.25, 0.3) is 11.3 Å². The van der Waals surface area contributed by atoms with Crippen LogP contribution in [0.1, 0.15) is 12.8 Å². The average molecular weight is 377 g/mol. The lowest BCUT2D eigenvalue weighted by molar-refractivity contribution is 0.239. The SMILES string of the molecule is CS(=O)(=O)N1CCCC(CNC(=O)Nc2ccc(-c3ccco3)cc2)C1. The van der Waals surface area contributed by atoms with E-state index in [9.17, 15) is 13.2 Å². The van der Waals surface area contributed by atoms with Crippen molar-refractivity contribution in [3.05, 3.63) is 42.7 Å². The van der Waals surface area contributed by atoms with Gasteiger partial charge in [-0.1, -0.05) is 0 Å². The Balaban J connectivity index is 1.48. The first kappa shape index (κ1) is 18.5. The Hall–Kier alpha value is -2.32. The summed E-state index contributed by atoms with van der Waals surface area (Å²) in [4.78, 5) is 12.1. The number of carbonyl (C=O) groups excluding carboxylic acids is 1. The maximum atomic E-state index is 12.1. The summed E-state index contributed by atoms with van der Waals surface area (Å²) in [6.07, 6.45) is 4.56. The Morgan fingerprint density at radius 3 is 2.69 bits per heavy atom. The molecule has 0 spiro atoms. The molecule has 0 aliphatic carbocycles. The summed E-state index contributed by atoms with van der Waals surface area (Å²) in [5.74, 6) is 0.902. The second-order valence-corrected chi connectivity index (χ2v) is 8.50. The fourth-order valence-electron chi connectivity index (χ4n) is 3.07. The number of amides is 2. The van der Waals surface area contributed by atoms with Gasteiger partial charge < -0.3 is 15.1 Å². The lowest BCUT2D eigenvalue weighted by atomic mass is 10.00. The highest BCUT2D eigenvalue weighted by molar-refractivity contribution is 7.88. The molecule has 26 heavy (non-hydrogen) atoms. The first-order chi connectivity index (χ1) is 12.4. The number of carbonyl (C=O) groups is 1. The predicted molar refractivity (Wildman–Crippen MR) is 100 cm³/mol. The van der Waals surface area contributed by atoms with Crippen molar-refractivity contribution in [3.8, 4) is 11.3 Å². The molecule has 1 fully saturated rings. The van der Waals surface area contributed by atoms with Crippen molar-refractivity contribution in [3.63, 3.8) is 0 Å². The monoisotopic (exact) mass is 377 g/mol. The number of anilines is 1. The Bertz CT molecular complexity index is 832. The molecular formula is C18H23N3O4S. The number of hydrogen-bond acceptors (Lipinski definition) is 4. The molecular weight excluding hydrogens is 354 g/mol. The molecule has 1 aromatic heterocycles. The van der Waals surface area contributed by atoms with E-state index in [4.69, 9.17) is 4.42 Å². The van der Waals surface area contributed by atoms with E-state index in [0.29, 0.717) is 25.3 Å². The number of nitrogens with zero attached hydrogens (tertiary/aromatic N) is 1. The van der Waals surface area contributed by atoms with Gasteiger partial charge in [0.15, 0.2) is 0 Å². The summed E-state index contributed by atoms with van der Waals surface area (Å²) in [5.41, 5.74) is 1.61. The van der Waals surface area contributed by atoms with Crippen molar-refractivity contribution in [2.24, 2.45) is 5.92 Å². The van der Waals surface area contributed by atoms with Crippen LogP contribution in [0.2, 0.25) is 0 Å². The third-order valence-corrected chi connectivity index (χ3v) is 5.72. The van der Waals surface area contributed by atoms with E-state index in [1.807, 2.05) is 36.4 Å². The Morgan fingerprint density at radius 2 is 2.04 bits per heavy atom. The van der Waals surface area contributed by atoms with E-state index in [0.717, 1.165) is 24.2 Å². The van der Waals surface area contributed by atoms with Crippen LogP contribution in [0.4, 0.5) is 10.5 Å². The van der Waals surface area contributed by atoms with Gasteiger partial charge >= 0.3 is 6.03 Å². The topological polar surface area (TPSA) is 91.7 Å². The maximum Gasteiger partial charge on any atom is 0.319 e. The molecule has 2 N–H and O–H groups in total. The summed E-state index contributed by atoms with van der Waals surface area (Å²) in [5, 5.41) is 5.61. The van der Waals surface area contributed by atoms with Crippen LogP contribution in [0.15, 0.2) is 47.1 Å². The highest BCUT2D eigenvalue weighted by atomic mass is 32.2. The van der Waals surface area contributed by atoms with E-state index in [-0.39, 0.29) is 11.9 Å². The van der Waals surface area contributed by atoms with Gasteiger partial charge in [-0.3, -0.25) is 0 Å². The molecule has 1 aliphatic rings. The summed E-state index contributed by atoms with van der Waals surface area (Å²) in [7, 11) is -3.17. The van der Waals surface area contributed by atoms with Crippen LogP contribution in [-0.4, -0.2) is 44.6 Å². The van der Waals surface area contributed by atoms with Crippen LogP contribution in [-0.2, 0) is 10.0 Å². The van der Waals surface area contributed by atoms with Gasteiger partial charge in [-0.25, -0.2) is 17.5 Å². The molecule has 1 aromatic carbocycles. The third kappa shape index (κ3) is 4.86. The fraction of sp³-hybridized carbons (Fsp3) is 0.389. The Labute approximate surface area is 153 Å². The summed E-state index contributed by atoms with van der Waals surface area (Å²) in [6, 6.07) is 10.8. The van der Waals surface area contributed by atoms with Crippen molar-refractivity contribution in [1.82, 2.24) is 9.62 Å². The molecule has 2 heterocycles. The number of nitrogens with one attached hydrogen (secondary N) is 2. The molecule has 1 saturated heterocycles. The van der Waals surface area contributed by atoms with Crippen LogP contribution in [0.5, 0.6) is 0 Å². The number of rotatable bonds is 5. The van der Waals surface area contributed by atoms with Crippen LogP contribution in [0, 0.1) is 5.92 Å². The minimum Gasteiger partial charge on any atom is -0.464 e. The Morgan fingerprint density at radius 1 is 1.27 bits per heavy atom. The Kier molecular flexibility index (Phi) is 5.63. The van der Waals surface area contributed by atoms with Crippen LogP contribution >= 0.6 is 0 Å². The van der Waals surface area contributed by atoms with Crippen molar-refractivity contribution in [1.29, 1.82) is 0 Å². The van der Waals surface area contributed by atoms with Crippen molar-refractivity contribution >= 4 is 21.7 Å². The highest BCUT2D eigenvalue weighted by Gasteiger charge is 2.25. The first-order valence-corrected chi connectivity index (χ1v) is 10.4. The fourth-order valence-corrected chi connectivity index (χ4v) is 4.01. The summed E-state index contributed by atoms with van der Waals surface area (Å²) >= 11 is 0. The zero-order valence-corrected chi connectivity index (χ0v) is 15.5. The molecule has 8 heteroatoms. The molecule has 2 aromatic rings. The molecule has 3 rings (SSSR count). The lowest BCUT2D eigenvalue weighted by Gasteiger charge is -2.30. The normalized spacial score (nSPS) is 18.4. The van der Waals surface area contributed by atoms with Crippen molar-refractivity contribution in [2.75, 3.05) is 31.2 Å². The van der Waals surface area contributed by atoms with E-state index in [1.165, 1.54) is 10.6 Å². The molecule has 1 aliphatic heterocycles. The second-order valence-electron chi connectivity index (χ2n) is 6.52. The molecule has 0 saturated carbocycles. The van der Waals surface area contributed by atoms with Gasteiger partial charge in [0.1, 0.15) is 5.76 Å². The number of furan rings is 1. The zero-order valence-electron chi connectivity index (χ0n) is 14.6. The van der Waals surface area contributed by atoms with E-state index >= 15 is 0 Å². The van der Waals surface area contributed by atoms with Gasteiger partial charge in [0.25, 0.3) is 0 Å². The smallest absolute Gasteiger partial charge is 0.319 e. The molecule has 0 radical (unpaired) electrons. The van der Waals surface area contributed by atoms with Crippen molar-refractivity contribution in [2.45, 2.75) is 12.8 Å². The number of sulfonamides is 1. The third-order valence-electron chi connectivity index (χ3n) is 4.45. The number of urea groups is 1. The first-order valence-electron chi connectivity index (χ1n) is 8.56. The molecule has 7 nitrogen and oxygen atoms in total. The second kappa shape index (κ2) is 7.92.